The molecule has 5 heteroatoms. The van der Waals surface area contributed by atoms with Gasteiger partial charge in [0.05, 0.1) is 19.8 Å². The number of methoxy groups -OCH3 is 1. The largest absolute Gasteiger partial charge is 0.493 e. The molecule has 0 radical (unpaired) electrons. The molecule has 1 unspecified atom stereocenters. The van der Waals surface area contributed by atoms with Gasteiger partial charge in [-0.25, -0.2) is 0 Å². The van der Waals surface area contributed by atoms with Crippen LogP contribution in [0.5, 0.6) is 11.5 Å². The molecule has 1 atom stereocenters. The van der Waals surface area contributed by atoms with Crippen LogP contribution in [0.25, 0.3) is 0 Å². The maximum absolute atomic E-state index is 12.2. The van der Waals surface area contributed by atoms with Crippen LogP contribution >= 0.6 is 0 Å². The van der Waals surface area contributed by atoms with E-state index in [1.54, 1.807) is 13.3 Å². The molecular formula is C22H30N2O3. The fourth-order valence-electron chi connectivity index (χ4n) is 2.70. The van der Waals surface area contributed by atoms with E-state index in [-0.39, 0.29) is 11.9 Å². The van der Waals surface area contributed by atoms with Crippen LogP contribution in [0.3, 0.4) is 0 Å². The Hall–Kier alpha value is -2.56. The Morgan fingerprint density at radius 2 is 1.96 bits per heavy atom. The Kier molecular flexibility index (Phi) is 8.11. The van der Waals surface area contributed by atoms with Crippen molar-refractivity contribution in [2.75, 3.05) is 13.7 Å². The van der Waals surface area contributed by atoms with Gasteiger partial charge in [-0.15, -0.1) is 0 Å². The summed E-state index contributed by atoms with van der Waals surface area (Å²) in [5.41, 5.74) is 2.00. The monoisotopic (exact) mass is 370 g/mol. The van der Waals surface area contributed by atoms with Crippen LogP contribution in [0.4, 0.5) is 0 Å². The van der Waals surface area contributed by atoms with Crippen molar-refractivity contribution in [1.29, 1.82) is 0 Å². The maximum atomic E-state index is 12.2. The number of ether oxygens (including phenoxy) is 2. The summed E-state index contributed by atoms with van der Waals surface area (Å²) >= 11 is 0. The van der Waals surface area contributed by atoms with E-state index in [0.29, 0.717) is 24.7 Å². The first-order valence-corrected chi connectivity index (χ1v) is 9.49. The quantitative estimate of drug-likeness (QED) is 0.676. The second-order valence-electron chi connectivity index (χ2n) is 7.08. The van der Waals surface area contributed by atoms with Gasteiger partial charge in [0.25, 0.3) is 0 Å². The zero-order valence-electron chi connectivity index (χ0n) is 16.7. The summed E-state index contributed by atoms with van der Waals surface area (Å²) in [5, 5.41) is 3.05. The van der Waals surface area contributed by atoms with Crippen molar-refractivity contribution in [3.63, 3.8) is 0 Å². The van der Waals surface area contributed by atoms with Crippen molar-refractivity contribution in [1.82, 2.24) is 10.3 Å². The number of carbonyl (C=O) groups is 1. The number of nitrogens with one attached hydrogen (secondary N) is 1. The van der Waals surface area contributed by atoms with Gasteiger partial charge in [0.2, 0.25) is 5.91 Å². The molecule has 1 N–H and O–H groups in total. The topological polar surface area (TPSA) is 60.5 Å². The molecule has 0 aliphatic carbocycles. The molecule has 0 bridgehead atoms. The minimum absolute atomic E-state index is 0.0394. The molecule has 2 rings (SSSR count). The summed E-state index contributed by atoms with van der Waals surface area (Å²) in [5.74, 6) is 1.89. The normalized spacial score (nSPS) is 11.9. The van der Waals surface area contributed by atoms with Crippen LogP contribution in [0.1, 0.15) is 50.9 Å². The van der Waals surface area contributed by atoms with Gasteiger partial charge >= 0.3 is 0 Å². The number of nitrogens with zero attached hydrogens (tertiary/aromatic N) is 1. The second kappa shape index (κ2) is 10.6. The van der Waals surface area contributed by atoms with Gasteiger partial charge in [0.1, 0.15) is 0 Å². The van der Waals surface area contributed by atoms with E-state index in [0.717, 1.165) is 29.8 Å². The van der Waals surface area contributed by atoms with Crippen molar-refractivity contribution in [2.24, 2.45) is 5.92 Å². The van der Waals surface area contributed by atoms with Crippen LogP contribution in [0, 0.1) is 5.92 Å². The Balaban J connectivity index is 1.86. The van der Waals surface area contributed by atoms with Crippen LogP contribution in [0.2, 0.25) is 0 Å². The average Bonchev–Trinajstić information content (AvgIpc) is 2.66. The standard InChI is InChI=1S/C22H30N2O3/c1-16(2)15-27-20-12-11-18(14-21(20)26-4)17(3)24-22(25)10-7-9-19-8-5-6-13-23-19/h5-6,8,11-14,16-17H,7,9-10,15H2,1-4H3,(H,24,25). The molecule has 0 spiro atoms. The van der Waals surface area contributed by atoms with Crippen molar-refractivity contribution in [2.45, 2.75) is 46.1 Å². The smallest absolute Gasteiger partial charge is 0.220 e. The number of hydrogen-bond donors (Lipinski definition) is 1. The Bertz CT molecular complexity index is 717. The average molecular weight is 370 g/mol. The third kappa shape index (κ3) is 6.93. The minimum atomic E-state index is -0.0969. The third-order valence-electron chi connectivity index (χ3n) is 4.20. The minimum Gasteiger partial charge on any atom is -0.493 e. The second-order valence-corrected chi connectivity index (χ2v) is 7.08. The molecule has 1 aromatic heterocycles. The lowest BCUT2D eigenvalue weighted by molar-refractivity contribution is -0.121. The van der Waals surface area contributed by atoms with Gasteiger partial charge in [0, 0.05) is 18.3 Å². The lowest BCUT2D eigenvalue weighted by Crippen LogP contribution is -2.26. The predicted molar refractivity (Wildman–Crippen MR) is 107 cm³/mol. The number of benzene rings is 1. The lowest BCUT2D eigenvalue weighted by atomic mass is 10.1. The van der Waals surface area contributed by atoms with E-state index in [9.17, 15) is 4.79 Å². The molecule has 27 heavy (non-hydrogen) atoms. The highest BCUT2D eigenvalue weighted by molar-refractivity contribution is 5.76. The molecule has 1 aromatic carbocycles. The zero-order chi connectivity index (χ0) is 19.6. The van der Waals surface area contributed by atoms with E-state index in [1.165, 1.54) is 0 Å². The molecule has 0 aliphatic heterocycles. The lowest BCUT2D eigenvalue weighted by Gasteiger charge is -2.18. The number of aryl methyl sites for hydroxylation is 1. The van der Waals surface area contributed by atoms with Gasteiger partial charge in [0.15, 0.2) is 11.5 Å². The van der Waals surface area contributed by atoms with Crippen molar-refractivity contribution >= 4 is 5.91 Å². The van der Waals surface area contributed by atoms with E-state index < -0.39 is 0 Å². The molecule has 0 aliphatic rings. The van der Waals surface area contributed by atoms with Gasteiger partial charge in [-0.05, 0) is 55.5 Å². The van der Waals surface area contributed by atoms with Crippen LogP contribution < -0.4 is 14.8 Å². The summed E-state index contributed by atoms with van der Waals surface area (Å²) in [7, 11) is 1.63. The first kappa shape index (κ1) is 20.7. The summed E-state index contributed by atoms with van der Waals surface area (Å²) in [6, 6.07) is 11.5. The van der Waals surface area contributed by atoms with Crippen molar-refractivity contribution in [3.05, 3.63) is 53.9 Å². The molecule has 1 amide bonds. The fourth-order valence-corrected chi connectivity index (χ4v) is 2.70. The molecule has 146 valence electrons. The Morgan fingerprint density at radius 1 is 1.15 bits per heavy atom. The first-order chi connectivity index (χ1) is 13.0. The van der Waals surface area contributed by atoms with Gasteiger partial charge in [-0.3, -0.25) is 9.78 Å². The zero-order valence-corrected chi connectivity index (χ0v) is 16.7. The molecule has 0 saturated heterocycles. The van der Waals surface area contributed by atoms with E-state index in [4.69, 9.17) is 9.47 Å². The molecule has 0 fully saturated rings. The third-order valence-corrected chi connectivity index (χ3v) is 4.20. The van der Waals surface area contributed by atoms with Gasteiger partial charge in [-0.2, -0.15) is 0 Å². The number of rotatable bonds is 10. The predicted octanol–water partition coefficient (Wildman–Crippen LogP) is 4.33. The van der Waals surface area contributed by atoms with E-state index in [2.05, 4.69) is 24.1 Å². The highest BCUT2D eigenvalue weighted by Crippen LogP contribution is 2.30. The van der Waals surface area contributed by atoms with Gasteiger partial charge < -0.3 is 14.8 Å². The molecule has 0 saturated carbocycles. The molecular weight excluding hydrogens is 340 g/mol. The number of aromatic nitrogens is 1. The van der Waals surface area contributed by atoms with Crippen LogP contribution in [0.15, 0.2) is 42.6 Å². The number of hydrogen-bond acceptors (Lipinski definition) is 4. The number of pyridine rings is 1. The summed E-state index contributed by atoms with van der Waals surface area (Å²) in [6.45, 7) is 6.82. The molecule has 1 heterocycles. The SMILES string of the molecule is COc1cc(C(C)NC(=O)CCCc2ccccn2)ccc1OCC(C)C. The van der Waals surface area contributed by atoms with Crippen LogP contribution in [-0.4, -0.2) is 24.6 Å². The maximum Gasteiger partial charge on any atom is 0.220 e. The van der Waals surface area contributed by atoms with E-state index >= 15 is 0 Å². The van der Waals surface area contributed by atoms with E-state index in [1.807, 2.05) is 43.3 Å². The summed E-state index contributed by atoms with van der Waals surface area (Å²) < 4.78 is 11.2. The first-order valence-electron chi connectivity index (χ1n) is 9.49. The number of amides is 1. The number of carbonyl (C=O) groups excluding carboxylic acids is 1. The Labute approximate surface area is 162 Å². The summed E-state index contributed by atoms with van der Waals surface area (Å²) in [4.78, 5) is 16.5. The van der Waals surface area contributed by atoms with Gasteiger partial charge in [-0.1, -0.05) is 26.0 Å². The molecule has 2 aromatic rings. The molecule has 5 nitrogen and oxygen atoms in total. The summed E-state index contributed by atoms with van der Waals surface area (Å²) in [6.07, 6.45) is 3.84. The van der Waals surface area contributed by atoms with Crippen LogP contribution in [-0.2, 0) is 11.2 Å². The van der Waals surface area contributed by atoms with Crippen molar-refractivity contribution < 1.29 is 14.3 Å². The Morgan fingerprint density at radius 3 is 2.63 bits per heavy atom. The highest BCUT2D eigenvalue weighted by atomic mass is 16.5. The highest BCUT2D eigenvalue weighted by Gasteiger charge is 2.13. The fraction of sp³-hybridized carbons (Fsp3) is 0.455. The van der Waals surface area contributed by atoms with Crippen molar-refractivity contribution in [3.8, 4) is 11.5 Å².